The zero-order valence-corrected chi connectivity index (χ0v) is 13.5. The highest BCUT2D eigenvalue weighted by atomic mass is 31.2. The van der Waals surface area contributed by atoms with Gasteiger partial charge in [-0.15, -0.1) is 0 Å². The van der Waals surface area contributed by atoms with Crippen LogP contribution in [0.3, 0.4) is 0 Å². The van der Waals surface area contributed by atoms with Gasteiger partial charge in [0, 0.05) is 12.0 Å². The van der Waals surface area contributed by atoms with Gasteiger partial charge in [0.2, 0.25) is 0 Å². The van der Waals surface area contributed by atoms with Crippen molar-refractivity contribution in [3.63, 3.8) is 0 Å². The van der Waals surface area contributed by atoms with Crippen molar-refractivity contribution in [2.75, 3.05) is 20.9 Å². The first-order valence-corrected chi connectivity index (χ1v) is 8.65. The lowest BCUT2D eigenvalue weighted by Gasteiger charge is -2.16. The molecule has 0 bridgehead atoms. The predicted octanol–water partition coefficient (Wildman–Crippen LogP) is 3.09. The minimum Gasteiger partial charge on any atom is -0.496 e. The maximum Gasteiger partial charge on any atom is 0.351 e. The molecule has 1 atom stereocenters. The molecule has 0 spiro atoms. The summed E-state index contributed by atoms with van der Waals surface area (Å²) in [6, 6.07) is 13.5. The van der Waals surface area contributed by atoms with Crippen LogP contribution in [0.2, 0.25) is 0 Å². The van der Waals surface area contributed by atoms with E-state index in [1.54, 1.807) is 48.5 Å². The highest BCUT2D eigenvalue weighted by Gasteiger charge is 2.28. The number of hydrogen-bond acceptors (Lipinski definition) is 5. The third-order valence-corrected chi connectivity index (χ3v) is 4.86. The molecule has 0 N–H and O–H groups in total. The Balaban J connectivity index is 2.36. The Bertz CT molecular complexity index is 689. The summed E-state index contributed by atoms with van der Waals surface area (Å²) < 4.78 is 28.2. The van der Waals surface area contributed by atoms with Crippen molar-refractivity contribution in [2.24, 2.45) is 0 Å². The van der Waals surface area contributed by atoms with Crippen molar-refractivity contribution in [1.29, 1.82) is 0 Å². The third-order valence-electron chi connectivity index (χ3n) is 3.11. The number of carbonyl (C=O) groups is 1. The van der Waals surface area contributed by atoms with Crippen molar-refractivity contribution in [1.82, 2.24) is 0 Å². The summed E-state index contributed by atoms with van der Waals surface area (Å²) in [5.74, 6) is -0.140. The molecule has 5 nitrogen and oxygen atoms in total. The molecule has 6 heteroatoms. The van der Waals surface area contributed by atoms with Gasteiger partial charge in [-0.1, -0.05) is 24.3 Å². The van der Waals surface area contributed by atoms with Gasteiger partial charge in [0.05, 0.1) is 14.2 Å². The Morgan fingerprint density at radius 3 is 1.95 bits per heavy atom. The van der Waals surface area contributed by atoms with E-state index in [0.29, 0.717) is 16.8 Å². The van der Waals surface area contributed by atoms with Crippen LogP contribution in [0.15, 0.2) is 48.5 Å². The number of rotatable bonds is 5. The average molecular weight is 320 g/mol. The van der Waals surface area contributed by atoms with Gasteiger partial charge in [-0.3, -0.25) is 4.57 Å². The summed E-state index contributed by atoms with van der Waals surface area (Å²) in [5, 5.41) is 0.470. The summed E-state index contributed by atoms with van der Waals surface area (Å²) in [5.41, 5.74) is 0.116. The van der Waals surface area contributed by atoms with Gasteiger partial charge in [0.1, 0.15) is 17.1 Å². The van der Waals surface area contributed by atoms with Gasteiger partial charge in [-0.25, -0.2) is 4.79 Å². The Labute approximate surface area is 129 Å². The fourth-order valence-corrected chi connectivity index (χ4v) is 3.23. The lowest BCUT2D eigenvalue weighted by Crippen LogP contribution is -2.13. The molecular formula is C16H17O5P. The van der Waals surface area contributed by atoms with Crippen LogP contribution in [0.5, 0.6) is 11.5 Å². The van der Waals surface area contributed by atoms with E-state index >= 15 is 0 Å². The maximum atomic E-state index is 12.7. The lowest BCUT2D eigenvalue weighted by atomic mass is 10.2. The van der Waals surface area contributed by atoms with E-state index in [9.17, 15) is 9.36 Å². The molecule has 0 aliphatic heterocycles. The van der Waals surface area contributed by atoms with Crippen LogP contribution in [-0.4, -0.2) is 26.9 Å². The number of benzene rings is 2. The molecule has 0 saturated heterocycles. The molecule has 0 heterocycles. The molecule has 0 aliphatic rings. The van der Waals surface area contributed by atoms with E-state index in [4.69, 9.17) is 14.0 Å². The van der Waals surface area contributed by atoms with E-state index in [-0.39, 0.29) is 5.56 Å². The monoisotopic (exact) mass is 320 g/mol. The first kappa shape index (κ1) is 16.1. The average Bonchev–Trinajstić information content (AvgIpc) is 2.54. The topological polar surface area (TPSA) is 61.8 Å². The summed E-state index contributed by atoms with van der Waals surface area (Å²) in [7, 11) is -0.410. The molecule has 2 aromatic carbocycles. The summed E-state index contributed by atoms with van der Waals surface area (Å²) in [6.07, 6.45) is 0. The molecule has 116 valence electrons. The minimum absolute atomic E-state index is 0.116. The standard InChI is InChI=1S/C16H17O5P/c1-19-13-10-7-11-14(20-2)15(13)16(17)21-22(3,18)12-8-5-4-6-9-12/h4-11H,1-3H3. The van der Waals surface area contributed by atoms with Crippen LogP contribution < -0.4 is 14.8 Å². The lowest BCUT2D eigenvalue weighted by molar-refractivity contribution is 0.0738. The molecule has 22 heavy (non-hydrogen) atoms. The first-order valence-electron chi connectivity index (χ1n) is 6.57. The number of methoxy groups -OCH3 is 2. The quantitative estimate of drug-likeness (QED) is 0.792. The van der Waals surface area contributed by atoms with Gasteiger partial charge in [0.25, 0.3) is 7.37 Å². The predicted molar refractivity (Wildman–Crippen MR) is 84.6 cm³/mol. The number of ether oxygens (including phenoxy) is 2. The first-order chi connectivity index (χ1) is 10.5. The zero-order chi connectivity index (χ0) is 16.2. The van der Waals surface area contributed by atoms with Crippen LogP contribution in [0, 0.1) is 0 Å². The second-order valence-electron chi connectivity index (χ2n) is 4.60. The maximum absolute atomic E-state index is 12.7. The van der Waals surface area contributed by atoms with Crippen molar-refractivity contribution < 1.29 is 23.4 Å². The van der Waals surface area contributed by atoms with Crippen LogP contribution in [0.4, 0.5) is 0 Å². The zero-order valence-electron chi connectivity index (χ0n) is 12.6. The molecule has 0 amide bonds. The smallest absolute Gasteiger partial charge is 0.351 e. The Morgan fingerprint density at radius 2 is 1.45 bits per heavy atom. The largest absolute Gasteiger partial charge is 0.496 e. The summed E-state index contributed by atoms with van der Waals surface area (Å²) in [4.78, 5) is 12.4. The van der Waals surface area contributed by atoms with E-state index in [0.717, 1.165) is 0 Å². The molecule has 1 unspecified atom stereocenters. The molecule has 0 aliphatic carbocycles. The molecule has 2 aromatic rings. The van der Waals surface area contributed by atoms with Gasteiger partial charge in [0.15, 0.2) is 0 Å². The van der Waals surface area contributed by atoms with E-state index in [2.05, 4.69) is 0 Å². The normalized spacial score (nSPS) is 13.0. The Hall–Kier alpha value is -2.26. The van der Waals surface area contributed by atoms with E-state index < -0.39 is 13.3 Å². The summed E-state index contributed by atoms with van der Waals surface area (Å²) >= 11 is 0. The minimum atomic E-state index is -3.29. The van der Waals surface area contributed by atoms with Crippen molar-refractivity contribution in [3.05, 3.63) is 54.1 Å². The highest BCUT2D eigenvalue weighted by molar-refractivity contribution is 7.66. The summed E-state index contributed by atoms with van der Waals surface area (Å²) in [6.45, 7) is 1.40. The number of carbonyl (C=O) groups excluding carboxylic acids is 1. The molecule has 0 aromatic heterocycles. The number of hydrogen-bond donors (Lipinski definition) is 0. The van der Waals surface area contributed by atoms with Gasteiger partial charge < -0.3 is 14.0 Å². The molecule has 0 radical (unpaired) electrons. The molecular weight excluding hydrogens is 303 g/mol. The van der Waals surface area contributed by atoms with Gasteiger partial charge in [-0.05, 0) is 24.3 Å². The van der Waals surface area contributed by atoms with Crippen LogP contribution in [-0.2, 0) is 9.09 Å². The van der Waals surface area contributed by atoms with E-state index in [1.807, 2.05) is 0 Å². The fourth-order valence-electron chi connectivity index (χ4n) is 2.01. The van der Waals surface area contributed by atoms with E-state index in [1.165, 1.54) is 20.9 Å². The fraction of sp³-hybridized carbons (Fsp3) is 0.188. The van der Waals surface area contributed by atoms with Crippen LogP contribution in [0.25, 0.3) is 0 Å². The van der Waals surface area contributed by atoms with Gasteiger partial charge in [-0.2, -0.15) is 0 Å². The van der Waals surface area contributed by atoms with Crippen LogP contribution in [0.1, 0.15) is 10.4 Å². The SMILES string of the molecule is COc1cccc(OC)c1C(=O)OP(C)(=O)c1ccccc1. The van der Waals surface area contributed by atoms with Crippen molar-refractivity contribution in [2.45, 2.75) is 0 Å². The second-order valence-corrected chi connectivity index (χ2v) is 6.99. The van der Waals surface area contributed by atoms with Crippen molar-refractivity contribution in [3.8, 4) is 11.5 Å². The highest BCUT2D eigenvalue weighted by Crippen LogP contribution is 2.43. The molecule has 0 fully saturated rings. The third kappa shape index (κ3) is 3.31. The van der Waals surface area contributed by atoms with Crippen LogP contribution >= 0.6 is 7.37 Å². The Morgan fingerprint density at radius 1 is 0.909 bits per heavy atom. The molecule has 0 saturated carbocycles. The Kier molecular flexibility index (Phi) is 4.88. The van der Waals surface area contributed by atoms with Gasteiger partial charge >= 0.3 is 5.97 Å². The van der Waals surface area contributed by atoms with Crippen molar-refractivity contribution >= 4 is 18.6 Å². The molecule has 2 rings (SSSR count). The second kappa shape index (κ2) is 6.67.